The first kappa shape index (κ1) is 17.4. The molecule has 0 aliphatic carbocycles. The third-order valence-corrected chi connectivity index (χ3v) is 4.35. The molecular weight excluding hydrogens is 314 g/mol. The minimum Gasteiger partial charge on any atom is -0.368 e. The van der Waals surface area contributed by atoms with E-state index in [1.165, 1.54) is 5.56 Å². The fraction of sp³-hybridized carbons (Fsp3) is 0.400. The third kappa shape index (κ3) is 4.57. The number of benzene rings is 1. The van der Waals surface area contributed by atoms with E-state index in [4.69, 9.17) is 4.74 Å². The van der Waals surface area contributed by atoms with Gasteiger partial charge in [0, 0.05) is 19.2 Å². The van der Waals surface area contributed by atoms with Crippen molar-refractivity contribution >= 4 is 17.4 Å². The summed E-state index contributed by atoms with van der Waals surface area (Å²) < 4.78 is 5.41. The molecule has 3 rings (SSSR count). The van der Waals surface area contributed by atoms with Crippen LogP contribution in [0.5, 0.6) is 0 Å². The zero-order valence-electron chi connectivity index (χ0n) is 14.8. The molecule has 1 atom stereocenters. The van der Waals surface area contributed by atoms with Crippen LogP contribution in [0.3, 0.4) is 0 Å². The van der Waals surface area contributed by atoms with Crippen LogP contribution in [0.15, 0.2) is 48.7 Å². The maximum atomic E-state index is 12.1. The van der Waals surface area contributed by atoms with Crippen LogP contribution in [0.2, 0.25) is 0 Å². The number of nitrogens with zero attached hydrogens (tertiary/aromatic N) is 2. The Morgan fingerprint density at radius 2 is 2.08 bits per heavy atom. The van der Waals surface area contributed by atoms with Crippen molar-refractivity contribution in [2.45, 2.75) is 45.4 Å². The summed E-state index contributed by atoms with van der Waals surface area (Å²) in [6.07, 6.45) is 3.11. The normalized spacial score (nSPS) is 16.8. The number of ether oxygens (including phenoxy) is 1. The highest BCUT2D eigenvalue weighted by atomic mass is 16.5. The number of anilines is 2. The Hall–Kier alpha value is -2.40. The van der Waals surface area contributed by atoms with E-state index in [0.29, 0.717) is 18.3 Å². The van der Waals surface area contributed by atoms with Gasteiger partial charge in [0.15, 0.2) is 0 Å². The highest BCUT2D eigenvalue weighted by molar-refractivity contribution is 5.94. The minimum absolute atomic E-state index is 0.0861. The van der Waals surface area contributed by atoms with Crippen molar-refractivity contribution in [2.75, 3.05) is 16.8 Å². The molecule has 2 heterocycles. The number of aromatic nitrogens is 1. The molecule has 5 nitrogen and oxygen atoms in total. The number of carbonyl (C=O) groups excluding carboxylic acids is 1. The zero-order chi connectivity index (χ0) is 17.6. The molecule has 1 aromatic carbocycles. The number of hydrogen-bond acceptors (Lipinski definition) is 4. The van der Waals surface area contributed by atoms with Gasteiger partial charge in [0.2, 0.25) is 0 Å². The van der Waals surface area contributed by atoms with Crippen molar-refractivity contribution in [1.82, 2.24) is 4.98 Å². The summed E-state index contributed by atoms with van der Waals surface area (Å²) >= 11 is 0. The second-order valence-electron chi connectivity index (χ2n) is 6.60. The van der Waals surface area contributed by atoms with E-state index in [-0.39, 0.29) is 12.0 Å². The molecule has 1 aliphatic rings. The average molecular weight is 339 g/mol. The Kier molecular flexibility index (Phi) is 5.66. The second-order valence-corrected chi connectivity index (χ2v) is 6.60. The van der Waals surface area contributed by atoms with Crippen LogP contribution < -0.4 is 10.2 Å². The fourth-order valence-corrected chi connectivity index (χ4v) is 2.95. The summed E-state index contributed by atoms with van der Waals surface area (Å²) in [5.74, 6) is 0.811. The first-order valence-electron chi connectivity index (χ1n) is 8.82. The van der Waals surface area contributed by atoms with Crippen molar-refractivity contribution in [1.29, 1.82) is 0 Å². The highest BCUT2D eigenvalue weighted by Crippen LogP contribution is 2.20. The molecule has 1 amide bonds. The van der Waals surface area contributed by atoms with E-state index in [1.807, 2.05) is 30.3 Å². The first-order chi connectivity index (χ1) is 12.1. The van der Waals surface area contributed by atoms with Crippen LogP contribution >= 0.6 is 0 Å². The molecule has 1 fully saturated rings. The third-order valence-electron chi connectivity index (χ3n) is 4.35. The maximum absolute atomic E-state index is 12.1. The Balaban J connectivity index is 1.67. The topological polar surface area (TPSA) is 54.5 Å². The number of nitrogens with one attached hydrogen (secondary N) is 1. The maximum Gasteiger partial charge on any atom is 0.253 e. The lowest BCUT2D eigenvalue weighted by molar-refractivity contribution is -0.124. The predicted octanol–water partition coefficient (Wildman–Crippen LogP) is 3.61. The summed E-state index contributed by atoms with van der Waals surface area (Å²) in [7, 11) is 0. The largest absolute Gasteiger partial charge is 0.368 e. The van der Waals surface area contributed by atoms with E-state index in [1.54, 1.807) is 6.20 Å². The molecule has 5 heteroatoms. The van der Waals surface area contributed by atoms with Crippen LogP contribution in [0.25, 0.3) is 0 Å². The van der Waals surface area contributed by atoms with Crippen LogP contribution in [0, 0.1) is 0 Å². The van der Waals surface area contributed by atoms with Crippen LogP contribution in [0.4, 0.5) is 11.5 Å². The second kappa shape index (κ2) is 8.12. The monoisotopic (exact) mass is 339 g/mol. The average Bonchev–Trinajstić information content (AvgIpc) is 3.16. The van der Waals surface area contributed by atoms with E-state index in [9.17, 15) is 4.79 Å². The lowest BCUT2D eigenvalue weighted by Crippen LogP contribution is -2.31. The number of amides is 1. The van der Waals surface area contributed by atoms with Crippen LogP contribution in [-0.2, 0) is 16.1 Å². The summed E-state index contributed by atoms with van der Waals surface area (Å²) in [6, 6.07) is 14.5. The number of carbonyl (C=O) groups is 1. The van der Waals surface area contributed by atoms with Gasteiger partial charge >= 0.3 is 0 Å². The quantitative estimate of drug-likeness (QED) is 0.873. The molecule has 1 unspecified atom stereocenters. The molecule has 2 aromatic rings. The number of pyridine rings is 1. The molecule has 25 heavy (non-hydrogen) atoms. The van der Waals surface area contributed by atoms with Gasteiger partial charge in [-0.3, -0.25) is 4.79 Å². The van der Waals surface area contributed by atoms with Gasteiger partial charge in [-0.2, -0.15) is 0 Å². The van der Waals surface area contributed by atoms with Crippen LogP contribution in [0.1, 0.15) is 32.3 Å². The first-order valence-corrected chi connectivity index (χ1v) is 8.82. The summed E-state index contributed by atoms with van der Waals surface area (Å²) in [6.45, 7) is 5.76. The lowest BCUT2D eigenvalue weighted by atomic mass is 10.2. The van der Waals surface area contributed by atoms with Crippen molar-refractivity contribution in [3.63, 3.8) is 0 Å². The van der Waals surface area contributed by atoms with Gasteiger partial charge in [0.1, 0.15) is 11.9 Å². The standard InChI is InChI=1S/C20H25N3O2/c1-15(2)23(14-16-7-4-3-5-8-16)19-11-10-17(13-21-19)22-20(24)18-9-6-12-25-18/h3-5,7-8,10-11,13,15,18H,6,9,12,14H2,1-2H3,(H,22,24). The lowest BCUT2D eigenvalue weighted by Gasteiger charge is -2.28. The fourth-order valence-electron chi connectivity index (χ4n) is 2.95. The van der Waals surface area contributed by atoms with Gasteiger partial charge in [-0.1, -0.05) is 30.3 Å². The summed E-state index contributed by atoms with van der Waals surface area (Å²) in [5.41, 5.74) is 1.95. The van der Waals surface area contributed by atoms with E-state index in [0.717, 1.165) is 25.2 Å². The zero-order valence-corrected chi connectivity index (χ0v) is 14.8. The van der Waals surface area contributed by atoms with Gasteiger partial charge in [0.05, 0.1) is 11.9 Å². The smallest absolute Gasteiger partial charge is 0.253 e. The van der Waals surface area contributed by atoms with Gasteiger partial charge in [-0.15, -0.1) is 0 Å². The summed E-state index contributed by atoms with van der Waals surface area (Å²) in [5, 5.41) is 2.88. The SMILES string of the molecule is CC(C)N(Cc1ccccc1)c1ccc(NC(=O)C2CCCO2)cn1. The Bertz CT molecular complexity index is 680. The molecule has 1 saturated heterocycles. The molecule has 1 aromatic heterocycles. The minimum atomic E-state index is -0.329. The Morgan fingerprint density at radius 3 is 2.68 bits per heavy atom. The molecule has 1 aliphatic heterocycles. The predicted molar refractivity (Wildman–Crippen MR) is 99.6 cm³/mol. The molecule has 0 spiro atoms. The summed E-state index contributed by atoms with van der Waals surface area (Å²) in [4.78, 5) is 18.9. The molecular formula is C20H25N3O2. The van der Waals surface area contributed by atoms with E-state index >= 15 is 0 Å². The Labute approximate surface area is 149 Å². The van der Waals surface area contributed by atoms with Gasteiger partial charge < -0.3 is 15.0 Å². The van der Waals surface area contributed by atoms with Gasteiger partial charge in [-0.25, -0.2) is 4.98 Å². The van der Waals surface area contributed by atoms with Crippen molar-refractivity contribution in [3.05, 3.63) is 54.2 Å². The molecule has 0 saturated carbocycles. The van der Waals surface area contributed by atoms with Crippen LogP contribution in [-0.4, -0.2) is 29.6 Å². The highest BCUT2D eigenvalue weighted by Gasteiger charge is 2.23. The molecule has 132 valence electrons. The number of hydrogen-bond donors (Lipinski definition) is 1. The van der Waals surface area contributed by atoms with Gasteiger partial charge in [0.25, 0.3) is 5.91 Å². The van der Waals surface area contributed by atoms with Crippen molar-refractivity contribution in [3.8, 4) is 0 Å². The van der Waals surface area contributed by atoms with E-state index in [2.05, 4.69) is 41.2 Å². The van der Waals surface area contributed by atoms with Gasteiger partial charge in [-0.05, 0) is 44.4 Å². The molecule has 1 N–H and O–H groups in total. The van der Waals surface area contributed by atoms with E-state index < -0.39 is 0 Å². The Morgan fingerprint density at radius 1 is 1.28 bits per heavy atom. The molecule has 0 radical (unpaired) electrons. The van der Waals surface area contributed by atoms with Crippen molar-refractivity contribution in [2.24, 2.45) is 0 Å². The molecule has 0 bridgehead atoms. The van der Waals surface area contributed by atoms with Crippen molar-refractivity contribution < 1.29 is 9.53 Å². The number of rotatable bonds is 6.